The van der Waals surface area contributed by atoms with Crippen LogP contribution in [0.15, 0.2) is 36.4 Å². The van der Waals surface area contributed by atoms with Crippen LogP contribution in [0.25, 0.3) is 0 Å². The molecule has 2 rings (SSSR count). The summed E-state index contributed by atoms with van der Waals surface area (Å²) < 4.78 is 19.0. The van der Waals surface area contributed by atoms with E-state index in [1.807, 2.05) is 12.1 Å². The molecule has 5 heteroatoms. The minimum absolute atomic E-state index is 0.284. The van der Waals surface area contributed by atoms with Gasteiger partial charge in [-0.05, 0) is 30.3 Å². The van der Waals surface area contributed by atoms with Crippen LogP contribution in [0.1, 0.15) is 11.1 Å². The molecule has 0 spiro atoms. The van der Waals surface area contributed by atoms with Crippen molar-refractivity contribution < 1.29 is 9.13 Å². The van der Waals surface area contributed by atoms with Crippen molar-refractivity contribution in [2.45, 2.75) is 10.7 Å². The highest BCUT2D eigenvalue weighted by molar-refractivity contribution is 9.08. The molecule has 0 aliphatic heterocycles. The third kappa shape index (κ3) is 3.50. The van der Waals surface area contributed by atoms with Crippen LogP contribution in [0, 0.1) is 5.82 Å². The first kappa shape index (κ1) is 14.8. The summed E-state index contributed by atoms with van der Waals surface area (Å²) in [7, 11) is 0. The summed E-state index contributed by atoms with van der Waals surface area (Å²) in [5.74, 6) is 0.995. The van der Waals surface area contributed by atoms with Crippen molar-refractivity contribution in [2.75, 3.05) is 0 Å². The van der Waals surface area contributed by atoms with Gasteiger partial charge in [0, 0.05) is 26.8 Å². The predicted molar refractivity (Wildman–Crippen MR) is 83.2 cm³/mol. The van der Waals surface area contributed by atoms with Gasteiger partial charge in [-0.25, -0.2) is 4.39 Å². The summed E-state index contributed by atoms with van der Waals surface area (Å²) in [6.45, 7) is 0. The Morgan fingerprint density at radius 3 is 2.53 bits per heavy atom. The molecule has 0 aliphatic rings. The van der Waals surface area contributed by atoms with E-state index in [4.69, 9.17) is 16.3 Å². The molecule has 0 aromatic heterocycles. The average molecular weight is 408 g/mol. The average Bonchev–Trinajstić information content (AvgIpc) is 2.41. The van der Waals surface area contributed by atoms with Gasteiger partial charge >= 0.3 is 0 Å². The number of hydrogen-bond acceptors (Lipinski definition) is 1. The maximum absolute atomic E-state index is 13.2. The van der Waals surface area contributed by atoms with E-state index >= 15 is 0 Å². The number of rotatable bonds is 4. The smallest absolute Gasteiger partial charge is 0.132 e. The van der Waals surface area contributed by atoms with Crippen LogP contribution < -0.4 is 4.74 Å². The predicted octanol–water partition coefficient (Wildman–Crippen LogP) is 6.06. The molecule has 0 atom stereocenters. The van der Waals surface area contributed by atoms with Gasteiger partial charge in [-0.3, -0.25) is 0 Å². The minimum Gasteiger partial charge on any atom is -0.457 e. The van der Waals surface area contributed by atoms with Gasteiger partial charge in [-0.1, -0.05) is 49.5 Å². The number of hydrogen-bond donors (Lipinski definition) is 0. The van der Waals surface area contributed by atoms with E-state index in [-0.39, 0.29) is 5.82 Å². The van der Waals surface area contributed by atoms with Crippen LogP contribution in [0.3, 0.4) is 0 Å². The van der Waals surface area contributed by atoms with Crippen molar-refractivity contribution in [3.63, 3.8) is 0 Å². The van der Waals surface area contributed by atoms with E-state index < -0.39 is 0 Å². The van der Waals surface area contributed by atoms with Gasteiger partial charge in [0.2, 0.25) is 0 Å². The van der Waals surface area contributed by atoms with Crippen molar-refractivity contribution in [1.82, 2.24) is 0 Å². The van der Waals surface area contributed by atoms with E-state index in [1.165, 1.54) is 12.1 Å². The first-order valence-corrected chi connectivity index (χ1v) is 8.13. The molecule has 2 aromatic rings. The molecule has 0 heterocycles. The second-order valence-corrected chi connectivity index (χ2v) is 5.37. The Labute approximate surface area is 133 Å². The summed E-state index contributed by atoms with van der Waals surface area (Å²) in [6, 6.07) is 9.90. The Kier molecular flexibility index (Phi) is 5.25. The third-order valence-electron chi connectivity index (χ3n) is 2.60. The van der Waals surface area contributed by atoms with Gasteiger partial charge < -0.3 is 4.74 Å². The Hall–Kier alpha value is -0.580. The van der Waals surface area contributed by atoms with Gasteiger partial charge in [-0.15, -0.1) is 0 Å². The molecule has 2 aromatic carbocycles. The zero-order valence-electron chi connectivity index (χ0n) is 9.80. The highest BCUT2D eigenvalue weighted by Crippen LogP contribution is 2.34. The fourth-order valence-corrected chi connectivity index (χ4v) is 3.05. The van der Waals surface area contributed by atoms with Gasteiger partial charge in [0.05, 0.1) is 0 Å². The van der Waals surface area contributed by atoms with E-state index in [1.54, 1.807) is 12.1 Å². The fraction of sp³-hybridized carbons (Fsp3) is 0.143. The molecule has 0 radical (unpaired) electrons. The topological polar surface area (TPSA) is 9.23 Å². The largest absolute Gasteiger partial charge is 0.457 e. The molecule has 0 N–H and O–H groups in total. The van der Waals surface area contributed by atoms with Crippen LogP contribution in [0.2, 0.25) is 5.02 Å². The highest BCUT2D eigenvalue weighted by Gasteiger charge is 2.10. The van der Waals surface area contributed by atoms with Gasteiger partial charge in [0.15, 0.2) is 0 Å². The van der Waals surface area contributed by atoms with Crippen LogP contribution in [-0.4, -0.2) is 0 Å². The molecule has 0 unspecified atom stereocenters. The summed E-state index contributed by atoms with van der Waals surface area (Å²) in [5, 5.41) is 1.74. The monoisotopic (exact) mass is 406 g/mol. The molecule has 0 aliphatic carbocycles. The second-order valence-electron chi connectivity index (χ2n) is 3.84. The Balaban J connectivity index is 2.39. The van der Waals surface area contributed by atoms with Crippen molar-refractivity contribution in [3.05, 3.63) is 58.4 Å². The van der Waals surface area contributed by atoms with Crippen molar-refractivity contribution in [3.8, 4) is 11.5 Å². The van der Waals surface area contributed by atoms with Crippen molar-refractivity contribution in [1.29, 1.82) is 0 Å². The van der Waals surface area contributed by atoms with Gasteiger partial charge in [0.1, 0.15) is 17.3 Å². The first-order chi connectivity index (χ1) is 9.15. The van der Waals surface area contributed by atoms with E-state index in [0.29, 0.717) is 27.2 Å². The third-order valence-corrected chi connectivity index (χ3v) is 4.11. The van der Waals surface area contributed by atoms with Crippen molar-refractivity contribution >= 4 is 43.5 Å². The molecule has 0 amide bonds. The lowest BCUT2D eigenvalue weighted by Crippen LogP contribution is -1.94. The zero-order valence-corrected chi connectivity index (χ0v) is 13.7. The summed E-state index contributed by atoms with van der Waals surface area (Å²) in [5.41, 5.74) is 1.62. The standard InChI is InChI=1S/C14H10Br2ClFO/c15-7-9-6-10(18)4-5-13(9)19-14-3-1-2-12(17)11(14)8-16/h1-6H,7-8H2. The lowest BCUT2D eigenvalue weighted by Gasteiger charge is -2.13. The number of halogens is 4. The maximum atomic E-state index is 13.2. The minimum atomic E-state index is -0.284. The van der Waals surface area contributed by atoms with E-state index in [2.05, 4.69) is 31.9 Å². The van der Waals surface area contributed by atoms with Crippen LogP contribution in [-0.2, 0) is 10.7 Å². The molecule has 100 valence electrons. The second kappa shape index (κ2) is 6.73. The quantitative estimate of drug-likeness (QED) is 0.559. The van der Waals surface area contributed by atoms with Crippen LogP contribution in [0.4, 0.5) is 4.39 Å². The number of benzene rings is 2. The molecule has 19 heavy (non-hydrogen) atoms. The molecule has 0 fully saturated rings. The summed E-state index contributed by atoms with van der Waals surface area (Å²) in [6.07, 6.45) is 0. The number of ether oxygens (including phenoxy) is 1. The SMILES string of the molecule is Fc1ccc(Oc2cccc(Cl)c2CBr)c(CBr)c1. The van der Waals surface area contributed by atoms with Crippen LogP contribution >= 0.6 is 43.5 Å². The lowest BCUT2D eigenvalue weighted by atomic mass is 10.2. The molecule has 1 nitrogen and oxygen atoms in total. The van der Waals surface area contributed by atoms with Gasteiger partial charge in [0.25, 0.3) is 0 Å². The fourth-order valence-electron chi connectivity index (χ4n) is 1.63. The molecule has 0 saturated carbocycles. The maximum Gasteiger partial charge on any atom is 0.132 e. The summed E-state index contributed by atoms with van der Waals surface area (Å²) in [4.78, 5) is 0. The zero-order chi connectivity index (χ0) is 13.8. The Bertz CT molecular complexity index is 590. The molecular formula is C14H10Br2ClFO. The van der Waals surface area contributed by atoms with E-state index in [0.717, 1.165) is 11.1 Å². The summed E-state index contributed by atoms with van der Waals surface area (Å²) >= 11 is 12.8. The van der Waals surface area contributed by atoms with Gasteiger partial charge in [-0.2, -0.15) is 0 Å². The van der Waals surface area contributed by atoms with Crippen LogP contribution in [0.5, 0.6) is 11.5 Å². The molecule has 0 saturated heterocycles. The molecule has 0 bridgehead atoms. The Morgan fingerprint density at radius 2 is 1.84 bits per heavy atom. The van der Waals surface area contributed by atoms with E-state index in [9.17, 15) is 4.39 Å². The number of alkyl halides is 2. The first-order valence-electron chi connectivity index (χ1n) is 5.51. The highest BCUT2D eigenvalue weighted by atomic mass is 79.9. The normalized spacial score (nSPS) is 10.5. The Morgan fingerprint density at radius 1 is 1.05 bits per heavy atom. The van der Waals surface area contributed by atoms with Crippen molar-refractivity contribution in [2.24, 2.45) is 0 Å². The molecular weight excluding hydrogens is 398 g/mol. The lowest BCUT2D eigenvalue weighted by molar-refractivity contribution is 0.472.